The highest BCUT2D eigenvalue weighted by Gasteiger charge is 2.28. The van der Waals surface area contributed by atoms with Crippen LogP contribution in [0.1, 0.15) is 16.7 Å². The molecule has 78 heavy (non-hydrogen) atoms. The van der Waals surface area contributed by atoms with Crippen LogP contribution in [0.2, 0.25) is 5.79 Å². The number of fused-ring (bicyclic) bond motifs is 12. The third-order valence-electron chi connectivity index (χ3n) is 12.7. The van der Waals surface area contributed by atoms with Crippen LogP contribution < -0.4 is 4.72 Å². The minimum atomic E-state index is -3.30. The maximum atomic E-state index is 12.4. The monoisotopic (exact) mass is 1070 g/mol. The number of aromatic nitrogens is 4. The van der Waals surface area contributed by atoms with Gasteiger partial charge in [0.2, 0.25) is 9.84 Å². The Hall–Kier alpha value is -8.61. The summed E-state index contributed by atoms with van der Waals surface area (Å²) in [7, 11) is -3.30. The zero-order valence-corrected chi connectivity index (χ0v) is 44.4. The molecule has 4 N–H and O–H groups in total. The first-order chi connectivity index (χ1) is 37.5. The molecule has 14 rings (SSSR count). The summed E-state index contributed by atoms with van der Waals surface area (Å²) < 4.78 is 80.9. The van der Waals surface area contributed by atoms with Crippen LogP contribution in [0.15, 0.2) is 247 Å². The van der Waals surface area contributed by atoms with E-state index in [9.17, 15) is 26.0 Å². The van der Waals surface area contributed by atoms with Gasteiger partial charge in [-0.1, -0.05) is 170 Å². The van der Waals surface area contributed by atoms with Gasteiger partial charge in [-0.25, -0.2) is 31.0 Å². The van der Waals surface area contributed by atoms with Gasteiger partial charge in [0.1, 0.15) is 6.33 Å². The number of halogens is 4. The lowest BCUT2D eigenvalue weighted by molar-refractivity contribution is 0.445. The summed E-state index contributed by atoms with van der Waals surface area (Å²) in [5.41, 5.74) is 6.41. The molecule has 0 amide bonds. The largest absolute Gasteiger partial charge is 0.420 e. The van der Waals surface area contributed by atoms with Crippen LogP contribution in [-0.2, 0) is 16.3 Å². The van der Waals surface area contributed by atoms with Crippen LogP contribution in [0.3, 0.4) is 0 Å². The molecule has 10 aromatic carbocycles. The topological polar surface area (TPSA) is 135 Å². The van der Waals surface area contributed by atoms with Gasteiger partial charge in [-0.3, -0.25) is 14.5 Å². The first-order valence-corrected chi connectivity index (χ1v) is 27.8. The Morgan fingerprint density at radius 1 is 0.487 bits per heavy atom. The molecule has 1 radical (unpaired) electrons. The number of sulfone groups is 1. The molecular weight excluding hydrogens is 1020 g/mol. The van der Waals surface area contributed by atoms with Crippen molar-refractivity contribution in [3.8, 4) is 5.69 Å². The molecule has 3 aromatic heterocycles. The SMILES string of the molecule is Cc1c(F)c(F)cc(F)c1F.O.O=S1(=O)c2ccccc2Cc2ccccc21.[CH3][Al][NH2].c1ccc(-n2cnc3ccccc32)cc1.c1ccc2c(c1)c1ccccc1c1ccccc21.c1cnc2c(c1)ccc1cccnc12. The molecule has 1 aliphatic heterocycles. The van der Waals surface area contributed by atoms with E-state index in [1.807, 2.05) is 84.9 Å². The fraction of sp³-hybridized carbons (Fsp3) is 0.0469. The second-order valence-electron chi connectivity index (χ2n) is 17.6. The number of nitrogens with zero attached hydrogens (tertiary/aromatic N) is 4. The number of nitrogens with two attached hydrogens (primary N) is 1. The summed E-state index contributed by atoms with van der Waals surface area (Å²) in [6.45, 7) is 0.969. The van der Waals surface area contributed by atoms with Crippen molar-refractivity contribution >= 4 is 90.4 Å². The van der Waals surface area contributed by atoms with Crippen LogP contribution in [0.25, 0.3) is 70.8 Å². The molecule has 0 unspecified atom stereocenters. The molecule has 1 aliphatic rings. The Kier molecular flexibility index (Phi) is 18.2. The van der Waals surface area contributed by atoms with E-state index in [4.69, 9.17) is 4.72 Å². The molecule has 0 fully saturated rings. The van der Waals surface area contributed by atoms with Gasteiger partial charge in [-0.2, -0.15) is 0 Å². The quantitative estimate of drug-likeness (QED) is 0.0753. The van der Waals surface area contributed by atoms with Gasteiger partial charge < -0.3 is 10.2 Å². The van der Waals surface area contributed by atoms with Gasteiger partial charge in [0.05, 0.1) is 31.9 Å². The number of imidazole rings is 1. The minimum absolute atomic E-state index is 0. The molecule has 14 heteroatoms. The molecule has 0 saturated heterocycles. The standard InChI is InChI=1S/C18H12.C13H10N2.C13H10O2S.C12H8N2.C7H4F4.CH3.Al.H2N.H2O/c1-2-8-14-13(7-1)15-9-3-4-11-17(15)18-12-6-5-10-16(14)18;1-2-6-11(7-3-1)15-10-14-12-8-4-5-9-13(12)15;14-16(15)12-7-3-1-5-10(12)9-11-6-2-4-8-13(11)16;1-3-9-5-6-10-4-2-8-14-12(10)11(9)13-7-1;1-3-6(10)4(8)2-5(9)7(3)11;;;;/h1-12H;1-10H;1-8H,9H2;1-8H;2H,1H3;1H3;;2*1H2/q;;;;;;+1;-1;. The smallest absolute Gasteiger partial charge is 0.313 e. The minimum Gasteiger partial charge on any atom is -0.420 e. The van der Waals surface area contributed by atoms with E-state index < -0.39 is 38.7 Å². The first kappa shape index (κ1) is 55.6. The predicted molar refractivity (Wildman–Crippen MR) is 309 cm³/mol. The Morgan fingerprint density at radius 3 is 1.32 bits per heavy atom. The number of rotatable bonds is 1. The highest BCUT2D eigenvalue weighted by Crippen LogP contribution is 2.35. The first-order valence-electron chi connectivity index (χ1n) is 24.5. The zero-order valence-electron chi connectivity index (χ0n) is 42.4. The van der Waals surface area contributed by atoms with Gasteiger partial charge in [-0.15, -0.1) is 0 Å². The Balaban J connectivity index is 0.000000128. The lowest BCUT2D eigenvalue weighted by Crippen LogP contribution is -2.14. The van der Waals surface area contributed by atoms with Crippen molar-refractivity contribution in [2.45, 2.75) is 28.9 Å². The van der Waals surface area contributed by atoms with Crippen LogP contribution >= 0.6 is 0 Å². The van der Waals surface area contributed by atoms with Crippen LogP contribution in [0.4, 0.5) is 17.6 Å². The summed E-state index contributed by atoms with van der Waals surface area (Å²) in [6.07, 6.45) is 6.17. The number of benzene rings is 10. The molecule has 4 heterocycles. The second-order valence-corrected chi connectivity index (χ2v) is 20.2. The molecule has 0 bridgehead atoms. The zero-order chi connectivity index (χ0) is 53.9. The average Bonchev–Trinajstić information content (AvgIpc) is 3.99. The molecule has 387 valence electrons. The Labute approximate surface area is 455 Å². The van der Waals surface area contributed by atoms with Crippen molar-refractivity contribution in [1.82, 2.24) is 19.5 Å². The highest BCUT2D eigenvalue weighted by atomic mass is 32.2. The van der Waals surface area contributed by atoms with Crippen LogP contribution in [-0.4, -0.2) is 48.9 Å². The number of hydrogen-bond acceptors (Lipinski definition) is 6. The summed E-state index contributed by atoms with van der Waals surface area (Å²) in [6, 6.07) is 71.1. The van der Waals surface area contributed by atoms with Crippen LogP contribution in [0, 0.1) is 30.2 Å². The van der Waals surface area contributed by atoms with Crippen molar-refractivity contribution < 1.29 is 31.5 Å². The number of hydrogen-bond donors (Lipinski definition) is 1. The molecule has 13 aromatic rings. The highest BCUT2D eigenvalue weighted by molar-refractivity contribution is 7.91. The molecule has 8 nitrogen and oxygen atoms in total. The van der Waals surface area contributed by atoms with Gasteiger partial charge >= 0.3 is 15.4 Å². The van der Waals surface area contributed by atoms with E-state index in [-0.39, 0.29) is 27.0 Å². The summed E-state index contributed by atoms with van der Waals surface area (Å²) in [5.74, 6) is -3.45. The molecular formula is C64H51AlF4N5O3S. The van der Waals surface area contributed by atoms with E-state index >= 15 is 0 Å². The average molecular weight is 1070 g/mol. The van der Waals surface area contributed by atoms with Crippen molar-refractivity contribution in [1.29, 1.82) is 0 Å². The van der Waals surface area contributed by atoms with Crippen molar-refractivity contribution in [3.05, 3.63) is 277 Å². The van der Waals surface area contributed by atoms with Gasteiger partial charge in [-0.05, 0) is 98.9 Å². The lowest BCUT2D eigenvalue weighted by atomic mass is 9.95. The maximum absolute atomic E-state index is 12.4. The van der Waals surface area contributed by atoms with Crippen molar-refractivity contribution in [2.75, 3.05) is 0 Å². The normalized spacial score (nSPS) is 11.6. The van der Waals surface area contributed by atoms with Crippen LogP contribution in [0.5, 0.6) is 0 Å². The van der Waals surface area contributed by atoms with Crippen molar-refractivity contribution in [3.63, 3.8) is 0 Å². The summed E-state index contributed by atoms with van der Waals surface area (Å²) >= 11 is 0.250. The van der Waals surface area contributed by atoms with Gasteiger partial charge in [0.25, 0.3) is 0 Å². The predicted octanol–water partition coefficient (Wildman–Crippen LogP) is 14.7. The van der Waals surface area contributed by atoms with E-state index in [0.717, 1.165) is 56.6 Å². The molecule has 0 spiro atoms. The van der Waals surface area contributed by atoms with Crippen molar-refractivity contribution in [2.24, 2.45) is 4.72 Å². The van der Waals surface area contributed by atoms with E-state index in [2.05, 4.69) is 135 Å². The molecule has 0 atom stereocenters. The number of pyridine rings is 2. The molecule has 0 aliphatic carbocycles. The number of para-hydroxylation sites is 3. The Morgan fingerprint density at radius 2 is 0.872 bits per heavy atom. The fourth-order valence-electron chi connectivity index (χ4n) is 9.13. The Bertz CT molecular complexity index is 3970. The van der Waals surface area contributed by atoms with E-state index in [1.165, 1.54) is 32.3 Å². The van der Waals surface area contributed by atoms with E-state index in [0.29, 0.717) is 16.2 Å². The van der Waals surface area contributed by atoms with Gasteiger partial charge in [0, 0.05) is 46.9 Å². The second kappa shape index (κ2) is 25.5. The maximum Gasteiger partial charge on any atom is 0.313 e. The third-order valence-corrected chi connectivity index (χ3v) is 14.7. The fourth-order valence-corrected chi connectivity index (χ4v) is 10.9. The summed E-state index contributed by atoms with van der Waals surface area (Å²) in [5, 5.41) is 10.3. The van der Waals surface area contributed by atoms with E-state index in [1.54, 1.807) is 36.7 Å². The molecule has 0 saturated carbocycles. The van der Waals surface area contributed by atoms with Gasteiger partial charge in [0.15, 0.2) is 23.3 Å². The summed E-state index contributed by atoms with van der Waals surface area (Å²) in [4.78, 5) is 14.0. The lowest BCUT2D eigenvalue weighted by Gasteiger charge is -2.19. The third kappa shape index (κ3) is 12.0.